The fraction of sp³-hybridized carbons (Fsp3) is 0.333. The van der Waals surface area contributed by atoms with Gasteiger partial charge in [-0.3, -0.25) is 9.48 Å². The standard InChI is InChI=1S/C15H17BrN2O2/c1-11-5-3-4-6-12(11)9-14(19)15-13(16)10-17-18(15)7-8-20-2/h3-6,10H,7-9H2,1-2H3. The fourth-order valence-corrected chi connectivity index (χ4v) is 2.57. The summed E-state index contributed by atoms with van der Waals surface area (Å²) in [6.07, 6.45) is 2.03. The summed E-state index contributed by atoms with van der Waals surface area (Å²) in [7, 11) is 1.63. The van der Waals surface area contributed by atoms with E-state index in [9.17, 15) is 4.79 Å². The number of methoxy groups -OCH3 is 1. The summed E-state index contributed by atoms with van der Waals surface area (Å²) in [6.45, 7) is 3.11. The molecule has 0 aliphatic rings. The van der Waals surface area contributed by atoms with Crippen LogP contribution in [0.25, 0.3) is 0 Å². The van der Waals surface area contributed by atoms with Crippen molar-refractivity contribution in [3.63, 3.8) is 0 Å². The quantitative estimate of drug-likeness (QED) is 0.761. The molecule has 5 heteroatoms. The first-order valence-corrected chi connectivity index (χ1v) is 7.20. The van der Waals surface area contributed by atoms with Crippen LogP contribution in [0.15, 0.2) is 34.9 Å². The van der Waals surface area contributed by atoms with Crippen molar-refractivity contribution in [2.45, 2.75) is 19.9 Å². The first-order chi connectivity index (χ1) is 9.63. The number of carbonyl (C=O) groups is 1. The summed E-state index contributed by atoms with van der Waals surface area (Å²) in [4.78, 5) is 12.5. The van der Waals surface area contributed by atoms with E-state index in [1.54, 1.807) is 18.0 Å². The monoisotopic (exact) mass is 336 g/mol. The number of carbonyl (C=O) groups excluding carboxylic acids is 1. The average Bonchev–Trinajstić information content (AvgIpc) is 2.80. The molecule has 1 aromatic heterocycles. The lowest BCUT2D eigenvalue weighted by Crippen LogP contribution is -2.16. The number of hydrogen-bond donors (Lipinski definition) is 0. The number of hydrogen-bond acceptors (Lipinski definition) is 3. The third kappa shape index (κ3) is 3.35. The Kier molecular flexibility index (Phi) is 5.09. The largest absolute Gasteiger partial charge is 0.383 e. The van der Waals surface area contributed by atoms with Crippen molar-refractivity contribution in [3.05, 3.63) is 51.8 Å². The number of ether oxygens (including phenoxy) is 1. The van der Waals surface area contributed by atoms with Gasteiger partial charge in [0.2, 0.25) is 0 Å². The molecular formula is C15H17BrN2O2. The molecule has 0 N–H and O–H groups in total. The lowest BCUT2D eigenvalue weighted by molar-refractivity contribution is 0.0978. The minimum Gasteiger partial charge on any atom is -0.383 e. The van der Waals surface area contributed by atoms with E-state index in [0.717, 1.165) is 15.6 Å². The van der Waals surface area contributed by atoms with Crippen LogP contribution in [-0.4, -0.2) is 29.3 Å². The highest BCUT2D eigenvalue weighted by Crippen LogP contribution is 2.19. The first kappa shape index (κ1) is 14.9. The summed E-state index contributed by atoms with van der Waals surface area (Å²) >= 11 is 3.40. The Morgan fingerprint density at radius 3 is 2.85 bits per heavy atom. The van der Waals surface area contributed by atoms with E-state index in [-0.39, 0.29) is 5.78 Å². The Bertz CT molecular complexity index is 608. The van der Waals surface area contributed by atoms with Crippen LogP contribution in [-0.2, 0) is 17.7 Å². The van der Waals surface area contributed by atoms with Crippen LogP contribution in [0.2, 0.25) is 0 Å². The molecule has 2 rings (SSSR count). The second-order valence-corrected chi connectivity index (χ2v) is 5.44. The van der Waals surface area contributed by atoms with Crippen LogP contribution >= 0.6 is 15.9 Å². The van der Waals surface area contributed by atoms with Gasteiger partial charge in [0.1, 0.15) is 5.69 Å². The van der Waals surface area contributed by atoms with Gasteiger partial charge in [0.15, 0.2) is 5.78 Å². The van der Waals surface area contributed by atoms with Crippen molar-refractivity contribution in [1.29, 1.82) is 0 Å². The predicted octanol–water partition coefficient (Wildman–Crippen LogP) is 3.03. The summed E-state index contributed by atoms with van der Waals surface area (Å²) in [5.41, 5.74) is 2.77. The van der Waals surface area contributed by atoms with Gasteiger partial charge in [-0.25, -0.2) is 0 Å². The van der Waals surface area contributed by atoms with E-state index < -0.39 is 0 Å². The highest BCUT2D eigenvalue weighted by Gasteiger charge is 2.17. The van der Waals surface area contributed by atoms with Crippen molar-refractivity contribution >= 4 is 21.7 Å². The number of ketones is 1. The zero-order valence-corrected chi connectivity index (χ0v) is 13.2. The van der Waals surface area contributed by atoms with Gasteiger partial charge in [-0.1, -0.05) is 24.3 Å². The topological polar surface area (TPSA) is 44.1 Å². The minimum absolute atomic E-state index is 0.0554. The molecule has 0 saturated heterocycles. The number of Topliss-reactive ketones (excluding diaryl/α,β-unsaturated/α-hetero) is 1. The molecule has 0 aliphatic heterocycles. The van der Waals surface area contributed by atoms with Crippen molar-refractivity contribution < 1.29 is 9.53 Å². The van der Waals surface area contributed by atoms with Crippen LogP contribution in [0.3, 0.4) is 0 Å². The van der Waals surface area contributed by atoms with Gasteiger partial charge in [-0.05, 0) is 34.0 Å². The molecule has 1 aromatic carbocycles. The summed E-state index contributed by atoms with van der Waals surface area (Å²) < 4.78 is 7.46. The highest BCUT2D eigenvalue weighted by atomic mass is 79.9. The lowest BCUT2D eigenvalue weighted by Gasteiger charge is -2.08. The molecule has 2 aromatic rings. The molecule has 0 bridgehead atoms. The van der Waals surface area contributed by atoms with Gasteiger partial charge < -0.3 is 4.74 Å². The van der Waals surface area contributed by atoms with Crippen LogP contribution in [0.5, 0.6) is 0 Å². The molecule has 0 fully saturated rings. The molecule has 0 aliphatic carbocycles. The fourth-order valence-electron chi connectivity index (χ4n) is 2.05. The number of benzene rings is 1. The van der Waals surface area contributed by atoms with Gasteiger partial charge in [-0.2, -0.15) is 5.10 Å². The lowest BCUT2D eigenvalue weighted by atomic mass is 10.0. The van der Waals surface area contributed by atoms with E-state index in [1.807, 2.05) is 31.2 Å². The molecule has 106 valence electrons. The van der Waals surface area contributed by atoms with Crippen LogP contribution < -0.4 is 0 Å². The molecule has 0 amide bonds. The molecule has 4 nitrogen and oxygen atoms in total. The number of aryl methyl sites for hydroxylation is 1. The van der Waals surface area contributed by atoms with Crippen molar-refractivity contribution in [3.8, 4) is 0 Å². The molecule has 0 spiro atoms. The summed E-state index contributed by atoms with van der Waals surface area (Å²) in [6, 6.07) is 7.92. The normalized spacial score (nSPS) is 10.8. The SMILES string of the molecule is COCCn1ncc(Br)c1C(=O)Cc1ccccc1C. The summed E-state index contributed by atoms with van der Waals surface area (Å²) in [5.74, 6) is 0.0554. The molecular weight excluding hydrogens is 320 g/mol. The maximum absolute atomic E-state index is 12.5. The molecule has 0 saturated carbocycles. The predicted molar refractivity (Wildman–Crippen MR) is 81.0 cm³/mol. The Morgan fingerprint density at radius 1 is 1.40 bits per heavy atom. The van der Waals surface area contributed by atoms with Crippen LogP contribution in [0, 0.1) is 6.92 Å². The molecule has 20 heavy (non-hydrogen) atoms. The van der Waals surface area contributed by atoms with E-state index in [1.165, 1.54) is 0 Å². The summed E-state index contributed by atoms with van der Waals surface area (Å²) in [5, 5.41) is 4.21. The van der Waals surface area contributed by atoms with Gasteiger partial charge in [0, 0.05) is 13.5 Å². The second kappa shape index (κ2) is 6.81. The van der Waals surface area contributed by atoms with Crippen LogP contribution in [0.1, 0.15) is 21.6 Å². The number of rotatable bonds is 6. The van der Waals surface area contributed by atoms with Gasteiger partial charge in [0.25, 0.3) is 0 Å². The van der Waals surface area contributed by atoms with Gasteiger partial charge in [0.05, 0.1) is 23.8 Å². The van der Waals surface area contributed by atoms with Crippen molar-refractivity contribution in [2.24, 2.45) is 0 Å². The van der Waals surface area contributed by atoms with E-state index >= 15 is 0 Å². The van der Waals surface area contributed by atoms with Gasteiger partial charge in [-0.15, -0.1) is 0 Å². The Labute approximate surface area is 126 Å². The molecule has 0 atom stereocenters. The Morgan fingerprint density at radius 2 is 2.15 bits per heavy atom. The van der Waals surface area contributed by atoms with E-state index in [0.29, 0.717) is 25.3 Å². The van der Waals surface area contributed by atoms with Crippen LogP contribution in [0.4, 0.5) is 0 Å². The zero-order chi connectivity index (χ0) is 14.5. The third-order valence-corrected chi connectivity index (χ3v) is 3.76. The third-order valence-electron chi connectivity index (χ3n) is 3.18. The molecule has 0 unspecified atom stereocenters. The maximum atomic E-state index is 12.5. The molecule has 1 heterocycles. The average molecular weight is 337 g/mol. The second-order valence-electron chi connectivity index (χ2n) is 4.58. The number of halogens is 1. The number of nitrogens with zero attached hydrogens (tertiary/aromatic N) is 2. The van der Waals surface area contributed by atoms with Crippen molar-refractivity contribution in [1.82, 2.24) is 9.78 Å². The maximum Gasteiger partial charge on any atom is 0.186 e. The van der Waals surface area contributed by atoms with E-state index in [4.69, 9.17) is 4.74 Å². The Balaban J connectivity index is 2.21. The number of aromatic nitrogens is 2. The first-order valence-electron chi connectivity index (χ1n) is 6.41. The smallest absolute Gasteiger partial charge is 0.186 e. The zero-order valence-electron chi connectivity index (χ0n) is 11.6. The van der Waals surface area contributed by atoms with Crippen molar-refractivity contribution in [2.75, 3.05) is 13.7 Å². The van der Waals surface area contributed by atoms with E-state index in [2.05, 4.69) is 21.0 Å². The highest BCUT2D eigenvalue weighted by molar-refractivity contribution is 9.10. The molecule has 0 radical (unpaired) electrons. The minimum atomic E-state index is 0.0554. The van der Waals surface area contributed by atoms with Gasteiger partial charge >= 0.3 is 0 Å². The Hall–Kier alpha value is -1.46.